The van der Waals surface area contributed by atoms with Gasteiger partial charge < -0.3 is 10.1 Å². The fourth-order valence-electron chi connectivity index (χ4n) is 4.65. The van der Waals surface area contributed by atoms with Crippen LogP contribution >= 0.6 is 0 Å². The third-order valence-electron chi connectivity index (χ3n) is 6.00. The molecule has 30 heavy (non-hydrogen) atoms. The SMILES string of the molecule is C[C@@H]1COc2c([S@](=O)(=NC(=O)Nc3c4c(cc5c3CCC5)CCC4)NC#N)cnn21. The third kappa shape index (κ3) is 2.92. The lowest BCUT2D eigenvalue weighted by molar-refractivity contribution is 0.260. The number of hydrogen-bond acceptors (Lipinski definition) is 5. The molecule has 0 fully saturated rings. The van der Waals surface area contributed by atoms with Crippen LogP contribution in [0, 0.1) is 11.5 Å². The molecule has 0 saturated heterocycles. The standard InChI is InChI=1S/C20H22N6O3S/c1-12-10-29-19-17(9-22-26(12)19)30(28,23-11-21)25-20(27)24-18-15-6-2-4-13(15)8-14-5-3-7-16(14)18/h8-9,12H,2-7,10H2,1H3,(H2,23,24,25,27,28)/t12-,30-/m1/s1. The number of fused-ring (bicyclic) bond motifs is 3. The van der Waals surface area contributed by atoms with Crippen molar-refractivity contribution < 1.29 is 13.7 Å². The number of carbonyl (C=O) groups is 1. The van der Waals surface area contributed by atoms with Gasteiger partial charge in [0.05, 0.1) is 12.2 Å². The van der Waals surface area contributed by atoms with Gasteiger partial charge in [-0.15, -0.1) is 4.36 Å². The minimum atomic E-state index is -3.58. The Balaban J connectivity index is 1.53. The number of ether oxygens (including phenoxy) is 1. The maximum atomic E-state index is 13.5. The van der Waals surface area contributed by atoms with Crippen LogP contribution < -0.4 is 14.8 Å². The Morgan fingerprint density at radius 3 is 2.67 bits per heavy atom. The van der Waals surface area contributed by atoms with Gasteiger partial charge in [-0.25, -0.2) is 18.4 Å². The normalized spacial score (nSPS) is 20.3. The summed E-state index contributed by atoms with van der Waals surface area (Å²) in [4.78, 5) is 13.0. The topological polar surface area (TPSA) is 121 Å². The van der Waals surface area contributed by atoms with Crippen molar-refractivity contribution in [3.8, 4) is 12.1 Å². The number of carbonyl (C=O) groups excluding carboxylic acids is 1. The molecule has 156 valence electrons. The van der Waals surface area contributed by atoms with Gasteiger partial charge in [0.2, 0.25) is 5.88 Å². The molecule has 0 spiro atoms. The Morgan fingerprint density at radius 1 is 1.30 bits per heavy atom. The second-order valence-electron chi connectivity index (χ2n) is 7.91. The first kappa shape index (κ1) is 18.9. The molecule has 5 rings (SSSR count). The van der Waals surface area contributed by atoms with Crippen LogP contribution in [0.2, 0.25) is 0 Å². The number of hydrogen-bond donors (Lipinski definition) is 2. The van der Waals surface area contributed by atoms with E-state index in [0.29, 0.717) is 6.61 Å². The second-order valence-corrected chi connectivity index (χ2v) is 9.79. The highest BCUT2D eigenvalue weighted by Crippen LogP contribution is 2.39. The van der Waals surface area contributed by atoms with E-state index in [9.17, 15) is 9.00 Å². The molecule has 10 heteroatoms. The van der Waals surface area contributed by atoms with Crippen molar-refractivity contribution in [2.45, 2.75) is 56.4 Å². The summed E-state index contributed by atoms with van der Waals surface area (Å²) < 4.78 is 26.7. The van der Waals surface area contributed by atoms with Gasteiger partial charge in [0, 0.05) is 5.69 Å². The lowest BCUT2D eigenvalue weighted by atomic mass is 9.99. The van der Waals surface area contributed by atoms with Gasteiger partial charge in [-0.3, -0.25) is 0 Å². The van der Waals surface area contributed by atoms with Crippen molar-refractivity contribution in [3.05, 3.63) is 34.5 Å². The van der Waals surface area contributed by atoms with E-state index < -0.39 is 15.9 Å². The minimum absolute atomic E-state index is 0.0252. The van der Waals surface area contributed by atoms with Gasteiger partial charge in [-0.1, -0.05) is 6.07 Å². The van der Waals surface area contributed by atoms with Crippen LogP contribution in [0.4, 0.5) is 10.5 Å². The Kier molecular flexibility index (Phi) is 4.43. The minimum Gasteiger partial charge on any atom is -0.475 e. The zero-order chi connectivity index (χ0) is 20.9. The summed E-state index contributed by atoms with van der Waals surface area (Å²) in [6, 6.07) is 1.50. The fourth-order valence-corrected chi connectivity index (χ4v) is 5.88. The maximum absolute atomic E-state index is 13.5. The van der Waals surface area contributed by atoms with E-state index in [2.05, 4.69) is 25.6 Å². The first-order chi connectivity index (χ1) is 14.5. The van der Waals surface area contributed by atoms with Crippen LogP contribution in [0.25, 0.3) is 0 Å². The average Bonchev–Trinajstić information content (AvgIpc) is 3.46. The Morgan fingerprint density at radius 2 is 2.00 bits per heavy atom. The van der Waals surface area contributed by atoms with Crippen molar-refractivity contribution >= 4 is 21.6 Å². The first-order valence-electron chi connectivity index (χ1n) is 10.1. The highest BCUT2D eigenvalue weighted by Gasteiger charge is 2.31. The molecular weight excluding hydrogens is 404 g/mol. The van der Waals surface area contributed by atoms with E-state index in [-0.39, 0.29) is 16.8 Å². The van der Waals surface area contributed by atoms with Gasteiger partial charge in [0.25, 0.3) is 0 Å². The molecule has 1 aromatic carbocycles. The molecule has 3 aliphatic rings. The zero-order valence-electron chi connectivity index (χ0n) is 16.6. The van der Waals surface area contributed by atoms with Gasteiger partial charge >= 0.3 is 6.03 Å². The van der Waals surface area contributed by atoms with Crippen LogP contribution in [0.3, 0.4) is 0 Å². The van der Waals surface area contributed by atoms with Crippen molar-refractivity contribution in [1.29, 1.82) is 5.26 Å². The molecule has 2 N–H and O–H groups in total. The number of aromatic nitrogens is 2. The summed E-state index contributed by atoms with van der Waals surface area (Å²) in [7, 11) is -3.58. The van der Waals surface area contributed by atoms with Crippen LogP contribution in [0.1, 0.15) is 48.1 Å². The van der Waals surface area contributed by atoms with Gasteiger partial charge in [-0.2, -0.15) is 10.4 Å². The average molecular weight is 427 g/mol. The molecule has 9 nitrogen and oxygen atoms in total. The molecule has 2 atom stereocenters. The van der Waals surface area contributed by atoms with E-state index in [1.54, 1.807) is 10.9 Å². The van der Waals surface area contributed by atoms with E-state index in [1.807, 2.05) is 6.92 Å². The summed E-state index contributed by atoms with van der Waals surface area (Å²) in [5.41, 5.74) is 5.68. The van der Waals surface area contributed by atoms with Crippen molar-refractivity contribution in [2.24, 2.45) is 4.36 Å². The van der Waals surface area contributed by atoms with Crippen LogP contribution in [0.15, 0.2) is 21.5 Å². The largest absolute Gasteiger partial charge is 0.475 e. The number of urea groups is 1. The molecule has 2 amide bonds. The monoisotopic (exact) mass is 426 g/mol. The molecule has 2 heterocycles. The van der Waals surface area contributed by atoms with E-state index in [0.717, 1.165) is 55.3 Å². The van der Waals surface area contributed by atoms with Gasteiger partial charge in [0.15, 0.2) is 21.0 Å². The zero-order valence-corrected chi connectivity index (χ0v) is 17.4. The molecule has 1 aromatic heterocycles. The predicted molar refractivity (Wildman–Crippen MR) is 110 cm³/mol. The Labute approximate surface area is 174 Å². The number of benzene rings is 1. The van der Waals surface area contributed by atoms with E-state index >= 15 is 0 Å². The molecule has 0 saturated carbocycles. The van der Waals surface area contributed by atoms with Gasteiger partial charge in [0.1, 0.15) is 6.61 Å². The molecule has 2 aromatic rings. The molecule has 0 unspecified atom stereocenters. The van der Waals surface area contributed by atoms with Crippen LogP contribution in [-0.4, -0.2) is 26.6 Å². The van der Waals surface area contributed by atoms with Crippen molar-refractivity contribution in [1.82, 2.24) is 14.5 Å². The highest BCUT2D eigenvalue weighted by molar-refractivity contribution is 7.92. The molecule has 0 bridgehead atoms. The quantitative estimate of drug-likeness (QED) is 0.577. The van der Waals surface area contributed by atoms with E-state index in [1.165, 1.54) is 17.3 Å². The molecule has 1 aliphatic heterocycles. The highest BCUT2D eigenvalue weighted by atomic mass is 32.2. The number of nitrogens with zero attached hydrogens (tertiary/aromatic N) is 4. The van der Waals surface area contributed by atoms with Crippen molar-refractivity contribution in [3.63, 3.8) is 0 Å². The number of nitrogens with one attached hydrogen (secondary N) is 2. The lowest BCUT2D eigenvalue weighted by Crippen LogP contribution is -2.22. The second kappa shape index (κ2) is 7.02. The summed E-state index contributed by atoms with van der Waals surface area (Å²) in [5.74, 6) is 0.272. The lowest BCUT2D eigenvalue weighted by Gasteiger charge is -2.15. The molecule has 0 radical (unpaired) electrons. The summed E-state index contributed by atoms with van der Waals surface area (Å²) in [6.45, 7) is 2.29. The smallest absolute Gasteiger partial charge is 0.355 e. The Bertz CT molecular complexity index is 1190. The Hall–Kier alpha value is -3.06. The first-order valence-corrected chi connectivity index (χ1v) is 11.6. The van der Waals surface area contributed by atoms with Crippen molar-refractivity contribution in [2.75, 3.05) is 11.9 Å². The van der Waals surface area contributed by atoms with Crippen LogP contribution in [0.5, 0.6) is 5.88 Å². The third-order valence-corrected chi connectivity index (χ3v) is 7.66. The van der Waals surface area contributed by atoms with Crippen LogP contribution in [-0.2, 0) is 35.6 Å². The number of aryl methyl sites for hydroxylation is 2. The van der Waals surface area contributed by atoms with E-state index in [4.69, 9.17) is 10.00 Å². The summed E-state index contributed by atoms with van der Waals surface area (Å²) in [6.07, 6.45) is 8.95. The molecule has 2 aliphatic carbocycles. The molecular formula is C20H22N6O3S. The number of nitriles is 1. The number of anilines is 1. The fraction of sp³-hybridized carbons (Fsp3) is 0.450. The summed E-state index contributed by atoms with van der Waals surface area (Å²) in [5, 5.41) is 16.2. The van der Waals surface area contributed by atoms with Gasteiger partial charge in [-0.05, 0) is 67.7 Å². The maximum Gasteiger partial charge on any atom is 0.355 e. The number of rotatable bonds is 3. The summed E-state index contributed by atoms with van der Waals surface area (Å²) >= 11 is 0. The predicted octanol–water partition coefficient (Wildman–Crippen LogP) is 2.86. The number of amides is 2.